The van der Waals surface area contributed by atoms with E-state index in [1.807, 2.05) is 30.3 Å². The van der Waals surface area contributed by atoms with Crippen LogP contribution in [0, 0.1) is 0 Å². The van der Waals surface area contributed by atoms with Crippen LogP contribution in [0.1, 0.15) is 24.2 Å². The molecule has 3 N–H and O–H groups in total. The lowest BCUT2D eigenvalue weighted by molar-refractivity contribution is 0.0955. The number of pyridine rings is 1. The minimum absolute atomic E-state index is 0.339. The van der Waals surface area contributed by atoms with Gasteiger partial charge in [-0.1, -0.05) is 41.7 Å². The molecule has 0 aliphatic rings. The van der Waals surface area contributed by atoms with Crippen LogP contribution in [0.4, 0.5) is 5.13 Å². The zero-order chi connectivity index (χ0) is 17.1. The molecule has 1 aromatic carbocycles. The Hall–Kier alpha value is -2.51. The Labute approximate surface area is 144 Å². The molecule has 0 radical (unpaired) electrons. The van der Waals surface area contributed by atoms with Crippen molar-refractivity contribution in [3.63, 3.8) is 0 Å². The van der Waals surface area contributed by atoms with Gasteiger partial charge in [0.25, 0.3) is 5.91 Å². The van der Waals surface area contributed by atoms with Gasteiger partial charge in [-0.15, -0.1) is 0 Å². The molecule has 24 heavy (non-hydrogen) atoms. The quantitative estimate of drug-likeness (QED) is 0.423. The highest BCUT2D eigenvalue weighted by Gasteiger charge is 2.19. The van der Waals surface area contributed by atoms with Gasteiger partial charge in [-0.05, 0) is 19.9 Å². The number of aromatic nitrogens is 2. The third-order valence-corrected chi connectivity index (χ3v) is 4.97. The molecule has 2 aromatic heterocycles. The van der Waals surface area contributed by atoms with Gasteiger partial charge in [0.05, 0.1) is 16.0 Å². The van der Waals surface area contributed by atoms with Gasteiger partial charge >= 0.3 is 0 Å². The maximum absolute atomic E-state index is 12.2. The van der Waals surface area contributed by atoms with E-state index in [9.17, 15) is 4.79 Å². The van der Waals surface area contributed by atoms with Crippen LogP contribution in [0.5, 0.6) is 0 Å². The molecule has 3 aromatic rings. The van der Waals surface area contributed by atoms with E-state index in [-0.39, 0.29) is 5.91 Å². The minimum atomic E-state index is -0.339. The number of fused-ring (bicyclic) bond motifs is 1. The predicted molar refractivity (Wildman–Crippen MR) is 98.1 cm³/mol. The van der Waals surface area contributed by atoms with Gasteiger partial charge in [0, 0.05) is 18.7 Å². The summed E-state index contributed by atoms with van der Waals surface area (Å²) in [6.45, 7) is 5.85. The highest BCUT2D eigenvalue weighted by atomic mass is 32.1. The number of amides is 1. The fourth-order valence-corrected chi connectivity index (χ4v) is 3.68. The third-order valence-electron chi connectivity index (χ3n) is 3.83. The maximum atomic E-state index is 12.2. The molecule has 0 unspecified atom stereocenters. The maximum Gasteiger partial charge on any atom is 0.266 e. The monoisotopic (exact) mass is 341 g/mol. The number of carbonyl (C=O) groups is 1. The summed E-state index contributed by atoms with van der Waals surface area (Å²) in [6.07, 6.45) is 0. The number of hydrogen-bond donors (Lipinski definition) is 2. The number of nitrogens with one attached hydrogen (secondary N) is 1. The van der Waals surface area contributed by atoms with Gasteiger partial charge < -0.3 is 4.90 Å². The number of hydrazine groups is 1. The van der Waals surface area contributed by atoms with Crippen molar-refractivity contribution in [3.8, 4) is 11.3 Å². The third kappa shape index (κ3) is 2.95. The normalized spacial score (nSPS) is 10.8. The standard InChI is InChI=1S/C17H19N5OS/c1-3-22(4-2)17-20-15-14(24-17)12(16(23)21-18)10-13(19-15)11-8-6-5-7-9-11/h5-10H,3-4,18H2,1-2H3,(H,21,23). The zero-order valence-corrected chi connectivity index (χ0v) is 14.4. The number of rotatable bonds is 5. The Kier molecular flexibility index (Phi) is 4.73. The molecule has 124 valence electrons. The van der Waals surface area contributed by atoms with E-state index in [2.05, 4.69) is 34.1 Å². The minimum Gasteiger partial charge on any atom is -0.349 e. The topological polar surface area (TPSA) is 84.1 Å². The van der Waals surface area contributed by atoms with E-state index in [1.54, 1.807) is 6.07 Å². The number of anilines is 1. The van der Waals surface area contributed by atoms with E-state index in [0.29, 0.717) is 16.9 Å². The van der Waals surface area contributed by atoms with E-state index in [4.69, 9.17) is 5.84 Å². The Morgan fingerprint density at radius 1 is 1.21 bits per heavy atom. The Bertz CT molecular complexity index is 858. The fraction of sp³-hybridized carbons (Fsp3) is 0.235. The molecule has 0 spiro atoms. The van der Waals surface area contributed by atoms with E-state index >= 15 is 0 Å². The van der Waals surface area contributed by atoms with Gasteiger partial charge in [0.15, 0.2) is 10.8 Å². The Morgan fingerprint density at radius 3 is 2.54 bits per heavy atom. The number of nitrogen functional groups attached to an aromatic ring is 1. The number of hydrogen-bond acceptors (Lipinski definition) is 6. The van der Waals surface area contributed by atoms with Crippen molar-refractivity contribution < 1.29 is 4.79 Å². The summed E-state index contributed by atoms with van der Waals surface area (Å²) in [6, 6.07) is 11.5. The molecule has 0 bridgehead atoms. The van der Waals surface area contributed by atoms with E-state index in [1.165, 1.54) is 11.3 Å². The first kappa shape index (κ1) is 16.4. The molecule has 0 atom stereocenters. The summed E-state index contributed by atoms with van der Waals surface area (Å²) in [5.74, 6) is 5.02. The largest absolute Gasteiger partial charge is 0.349 e. The Morgan fingerprint density at radius 2 is 1.92 bits per heavy atom. The van der Waals surface area contributed by atoms with Crippen molar-refractivity contribution >= 4 is 32.7 Å². The molecule has 0 saturated carbocycles. The highest BCUT2D eigenvalue weighted by molar-refractivity contribution is 7.22. The van der Waals surface area contributed by atoms with Crippen LogP contribution in [-0.2, 0) is 0 Å². The van der Waals surface area contributed by atoms with Crippen LogP contribution in [0.3, 0.4) is 0 Å². The average molecular weight is 341 g/mol. The molecule has 2 heterocycles. The van der Waals surface area contributed by atoms with Crippen LogP contribution < -0.4 is 16.2 Å². The van der Waals surface area contributed by atoms with Crippen molar-refractivity contribution in [1.82, 2.24) is 15.4 Å². The first-order chi connectivity index (χ1) is 11.7. The lowest BCUT2D eigenvalue weighted by atomic mass is 10.1. The fourth-order valence-electron chi connectivity index (χ4n) is 2.53. The van der Waals surface area contributed by atoms with Gasteiger partial charge in [-0.25, -0.2) is 10.8 Å². The molecule has 0 aliphatic heterocycles. The van der Waals surface area contributed by atoms with Crippen molar-refractivity contribution in [2.75, 3.05) is 18.0 Å². The number of benzene rings is 1. The molecule has 0 fully saturated rings. The first-order valence-electron chi connectivity index (χ1n) is 7.80. The lowest BCUT2D eigenvalue weighted by Gasteiger charge is -2.16. The molecular formula is C17H19N5OS. The van der Waals surface area contributed by atoms with Crippen molar-refractivity contribution in [1.29, 1.82) is 0 Å². The van der Waals surface area contributed by atoms with E-state index in [0.717, 1.165) is 28.5 Å². The lowest BCUT2D eigenvalue weighted by Crippen LogP contribution is -2.30. The summed E-state index contributed by atoms with van der Waals surface area (Å²) in [7, 11) is 0. The van der Waals surface area contributed by atoms with Crippen molar-refractivity contribution in [2.24, 2.45) is 5.84 Å². The number of carbonyl (C=O) groups excluding carboxylic acids is 1. The van der Waals surface area contributed by atoms with Gasteiger partial charge in [-0.2, -0.15) is 4.98 Å². The van der Waals surface area contributed by atoms with Crippen molar-refractivity contribution in [2.45, 2.75) is 13.8 Å². The molecule has 1 amide bonds. The highest BCUT2D eigenvalue weighted by Crippen LogP contribution is 2.33. The summed E-state index contributed by atoms with van der Waals surface area (Å²) in [4.78, 5) is 23.6. The molecule has 0 saturated heterocycles. The second-order valence-corrected chi connectivity index (χ2v) is 6.19. The molecule has 6 nitrogen and oxygen atoms in total. The average Bonchev–Trinajstić information content (AvgIpc) is 3.05. The van der Waals surface area contributed by atoms with E-state index < -0.39 is 0 Å². The second kappa shape index (κ2) is 6.94. The van der Waals surface area contributed by atoms with Gasteiger partial charge in [-0.3, -0.25) is 10.2 Å². The number of thiazole rings is 1. The molecular weight excluding hydrogens is 322 g/mol. The van der Waals surface area contributed by atoms with Crippen LogP contribution >= 0.6 is 11.3 Å². The van der Waals surface area contributed by atoms with Crippen LogP contribution in [0.25, 0.3) is 21.6 Å². The summed E-state index contributed by atoms with van der Waals surface area (Å²) >= 11 is 1.46. The molecule has 0 aliphatic carbocycles. The first-order valence-corrected chi connectivity index (χ1v) is 8.62. The Balaban J connectivity index is 2.21. The van der Waals surface area contributed by atoms with Crippen molar-refractivity contribution in [3.05, 3.63) is 42.0 Å². The van der Waals surface area contributed by atoms with Gasteiger partial charge in [0.2, 0.25) is 0 Å². The summed E-state index contributed by atoms with van der Waals surface area (Å²) in [5, 5.41) is 0.860. The van der Waals surface area contributed by atoms with Gasteiger partial charge in [0.1, 0.15) is 0 Å². The zero-order valence-electron chi connectivity index (χ0n) is 13.6. The summed E-state index contributed by atoms with van der Waals surface area (Å²) in [5.41, 5.74) is 4.93. The smallest absolute Gasteiger partial charge is 0.266 e. The molecule has 3 rings (SSSR count). The number of nitrogens with two attached hydrogens (primary N) is 1. The van der Waals surface area contributed by atoms with Crippen LogP contribution in [-0.4, -0.2) is 29.0 Å². The number of nitrogens with zero attached hydrogens (tertiary/aromatic N) is 3. The SMILES string of the molecule is CCN(CC)c1nc2nc(-c3ccccc3)cc(C(=O)NN)c2s1. The van der Waals surface area contributed by atoms with Crippen LogP contribution in [0.15, 0.2) is 36.4 Å². The second-order valence-electron chi connectivity index (χ2n) is 5.22. The van der Waals surface area contributed by atoms with Crippen LogP contribution in [0.2, 0.25) is 0 Å². The predicted octanol–water partition coefficient (Wildman–Crippen LogP) is 2.81. The molecule has 7 heteroatoms. The summed E-state index contributed by atoms with van der Waals surface area (Å²) < 4.78 is 0.750.